The molecule has 6 heteroatoms. The molecule has 1 aliphatic carbocycles. The van der Waals surface area contributed by atoms with Crippen molar-refractivity contribution in [2.75, 3.05) is 28.2 Å². The van der Waals surface area contributed by atoms with Crippen molar-refractivity contribution >= 4 is 23.2 Å². The Labute approximate surface area is 147 Å². The molecule has 0 saturated heterocycles. The summed E-state index contributed by atoms with van der Waals surface area (Å²) >= 11 is 5.51. The second-order valence-electron chi connectivity index (χ2n) is 8.07. The number of thiocarbonyl (C=S) groups is 1. The summed E-state index contributed by atoms with van der Waals surface area (Å²) in [4.78, 5) is 16.3. The highest BCUT2D eigenvalue weighted by atomic mass is 32.1. The Morgan fingerprint density at radius 2 is 1.70 bits per heavy atom. The Balaban J connectivity index is 2.73. The van der Waals surface area contributed by atoms with E-state index in [0.717, 1.165) is 6.42 Å². The minimum absolute atomic E-state index is 0.0504. The molecule has 0 heterocycles. The van der Waals surface area contributed by atoms with Gasteiger partial charge in [-0.2, -0.15) is 0 Å². The summed E-state index contributed by atoms with van der Waals surface area (Å²) in [5, 5.41) is 7.29. The molecule has 0 aromatic rings. The van der Waals surface area contributed by atoms with Crippen LogP contribution >= 0.6 is 12.2 Å². The van der Waals surface area contributed by atoms with Gasteiger partial charge in [-0.3, -0.25) is 4.79 Å². The third-order valence-corrected chi connectivity index (χ3v) is 4.77. The molecule has 2 N–H and O–H groups in total. The largest absolute Gasteiger partial charge is 0.358 e. The van der Waals surface area contributed by atoms with E-state index >= 15 is 0 Å². The van der Waals surface area contributed by atoms with Crippen LogP contribution in [-0.2, 0) is 4.79 Å². The van der Waals surface area contributed by atoms with Crippen LogP contribution in [0, 0.1) is 5.41 Å². The van der Waals surface area contributed by atoms with Crippen LogP contribution in [0.5, 0.6) is 0 Å². The van der Waals surface area contributed by atoms with Crippen LogP contribution in [-0.4, -0.2) is 67.1 Å². The van der Waals surface area contributed by atoms with Crippen molar-refractivity contribution in [2.45, 2.75) is 64.6 Å². The lowest BCUT2D eigenvalue weighted by Crippen LogP contribution is -2.59. The van der Waals surface area contributed by atoms with E-state index in [4.69, 9.17) is 12.2 Å². The van der Waals surface area contributed by atoms with Crippen LogP contribution < -0.4 is 10.6 Å². The Bertz CT molecular complexity index is 417. The first-order valence-electron chi connectivity index (χ1n) is 8.48. The second kappa shape index (κ2) is 8.29. The van der Waals surface area contributed by atoms with Crippen molar-refractivity contribution in [1.29, 1.82) is 0 Å². The summed E-state index contributed by atoms with van der Waals surface area (Å²) in [6.07, 6.45) is 4.80. The summed E-state index contributed by atoms with van der Waals surface area (Å²) in [7, 11) is 7.80. The molecule has 0 aliphatic heterocycles. The van der Waals surface area contributed by atoms with E-state index < -0.39 is 0 Å². The van der Waals surface area contributed by atoms with Crippen molar-refractivity contribution < 1.29 is 4.79 Å². The SMILES string of the molecule is CN(C)C(=O)[C@@H](NC(=S)N[C@@H]1CCCC[C@H]1N(C)C)C(C)(C)C. The average molecular weight is 343 g/mol. The predicted octanol–water partition coefficient (Wildman–Crippen LogP) is 1.83. The lowest BCUT2D eigenvalue weighted by Gasteiger charge is -2.38. The van der Waals surface area contributed by atoms with Crippen LogP contribution in [0.4, 0.5) is 0 Å². The van der Waals surface area contributed by atoms with Gasteiger partial charge in [0.2, 0.25) is 5.91 Å². The molecule has 5 nitrogen and oxygen atoms in total. The molecule has 1 aliphatic rings. The minimum atomic E-state index is -0.334. The Morgan fingerprint density at radius 1 is 1.13 bits per heavy atom. The summed E-state index contributed by atoms with van der Waals surface area (Å²) < 4.78 is 0. The fourth-order valence-corrected chi connectivity index (χ4v) is 3.41. The van der Waals surface area contributed by atoms with Gasteiger partial charge in [0.05, 0.1) is 0 Å². The van der Waals surface area contributed by atoms with E-state index in [1.165, 1.54) is 19.3 Å². The molecule has 0 aromatic carbocycles. The van der Waals surface area contributed by atoms with Crippen molar-refractivity contribution in [3.63, 3.8) is 0 Å². The Morgan fingerprint density at radius 3 is 2.17 bits per heavy atom. The molecule has 0 spiro atoms. The van der Waals surface area contributed by atoms with Gasteiger partial charge in [0, 0.05) is 26.2 Å². The Hall–Kier alpha value is -0.880. The summed E-state index contributed by atoms with van der Waals surface area (Å²) in [6.45, 7) is 6.16. The molecule has 134 valence electrons. The van der Waals surface area contributed by atoms with Gasteiger partial charge in [-0.15, -0.1) is 0 Å². The van der Waals surface area contributed by atoms with Crippen LogP contribution in [0.1, 0.15) is 46.5 Å². The van der Waals surface area contributed by atoms with Gasteiger partial charge < -0.3 is 20.4 Å². The fourth-order valence-electron chi connectivity index (χ4n) is 3.15. The number of nitrogens with one attached hydrogen (secondary N) is 2. The van der Waals surface area contributed by atoms with Gasteiger partial charge in [0.25, 0.3) is 0 Å². The molecule has 1 fully saturated rings. The van der Waals surface area contributed by atoms with Gasteiger partial charge >= 0.3 is 0 Å². The smallest absolute Gasteiger partial charge is 0.245 e. The molecule has 1 rings (SSSR count). The van der Waals surface area contributed by atoms with E-state index in [1.807, 2.05) is 0 Å². The average Bonchev–Trinajstić information content (AvgIpc) is 2.43. The topological polar surface area (TPSA) is 47.6 Å². The van der Waals surface area contributed by atoms with Crippen molar-refractivity contribution in [1.82, 2.24) is 20.4 Å². The van der Waals surface area contributed by atoms with Crippen molar-refractivity contribution in [3.05, 3.63) is 0 Å². The van der Waals surface area contributed by atoms with Gasteiger partial charge in [-0.05, 0) is 44.6 Å². The number of likely N-dealkylation sites (N-methyl/N-ethyl adjacent to an activating group) is 2. The van der Waals surface area contributed by atoms with E-state index in [9.17, 15) is 4.79 Å². The first-order valence-corrected chi connectivity index (χ1v) is 8.89. The highest BCUT2D eigenvalue weighted by molar-refractivity contribution is 7.80. The number of nitrogens with zero attached hydrogens (tertiary/aromatic N) is 2. The lowest BCUT2D eigenvalue weighted by molar-refractivity contribution is -0.133. The maximum absolute atomic E-state index is 12.5. The van der Waals surface area contributed by atoms with Crippen LogP contribution in [0.2, 0.25) is 0 Å². The van der Waals surface area contributed by atoms with Crippen LogP contribution in [0.3, 0.4) is 0 Å². The standard InChI is InChI=1S/C17H34N4OS/c1-17(2,3)14(15(22)21(6)7)19-16(23)18-12-10-8-9-11-13(12)20(4)5/h12-14H,8-11H2,1-7H3,(H2,18,19,23)/t12-,13-,14-/m1/s1. The number of rotatable bonds is 4. The molecule has 1 saturated carbocycles. The zero-order valence-corrected chi connectivity index (χ0v) is 16.6. The zero-order valence-electron chi connectivity index (χ0n) is 15.8. The number of carbonyl (C=O) groups excluding carboxylic acids is 1. The molecule has 0 radical (unpaired) electrons. The molecule has 0 bridgehead atoms. The monoisotopic (exact) mass is 342 g/mol. The number of hydrogen-bond donors (Lipinski definition) is 2. The van der Waals surface area contributed by atoms with Crippen molar-refractivity contribution in [3.8, 4) is 0 Å². The zero-order chi connectivity index (χ0) is 17.8. The first kappa shape index (κ1) is 20.2. The molecule has 0 unspecified atom stereocenters. The molecular formula is C17H34N4OS. The van der Waals surface area contributed by atoms with Gasteiger partial charge in [0.15, 0.2) is 5.11 Å². The number of hydrogen-bond acceptors (Lipinski definition) is 3. The van der Waals surface area contributed by atoms with E-state index in [-0.39, 0.29) is 17.4 Å². The quantitative estimate of drug-likeness (QED) is 0.763. The number of amides is 1. The number of carbonyl (C=O) groups is 1. The third-order valence-electron chi connectivity index (χ3n) is 4.54. The highest BCUT2D eigenvalue weighted by Gasteiger charge is 2.34. The van der Waals surface area contributed by atoms with Crippen LogP contribution in [0.25, 0.3) is 0 Å². The van der Waals surface area contributed by atoms with E-state index in [2.05, 4.69) is 50.4 Å². The van der Waals surface area contributed by atoms with Gasteiger partial charge in [0.1, 0.15) is 6.04 Å². The summed E-state index contributed by atoms with van der Waals surface area (Å²) in [5.41, 5.74) is -0.208. The molecule has 0 aromatic heterocycles. The second-order valence-corrected chi connectivity index (χ2v) is 8.48. The maximum Gasteiger partial charge on any atom is 0.245 e. The molecule has 23 heavy (non-hydrogen) atoms. The minimum Gasteiger partial charge on any atom is -0.358 e. The molecule has 3 atom stereocenters. The van der Waals surface area contributed by atoms with E-state index in [1.54, 1.807) is 19.0 Å². The lowest BCUT2D eigenvalue weighted by atomic mass is 9.86. The first-order chi connectivity index (χ1) is 10.5. The van der Waals surface area contributed by atoms with E-state index in [0.29, 0.717) is 17.2 Å². The summed E-state index contributed by atoms with van der Waals surface area (Å²) in [5.74, 6) is 0.0504. The van der Waals surface area contributed by atoms with Crippen LogP contribution in [0.15, 0.2) is 0 Å². The van der Waals surface area contributed by atoms with Gasteiger partial charge in [-0.25, -0.2) is 0 Å². The highest BCUT2D eigenvalue weighted by Crippen LogP contribution is 2.23. The van der Waals surface area contributed by atoms with Gasteiger partial charge in [-0.1, -0.05) is 33.6 Å². The Kier molecular flexibility index (Phi) is 7.27. The molecular weight excluding hydrogens is 308 g/mol. The summed E-state index contributed by atoms with van der Waals surface area (Å²) in [6, 6.07) is 0.494. The fraction of sp³-hybridized carbons (Fsp3) is 0.882. The van der Waals surface area contributed by atoms with Crippen molar-refractivity contribution in [2.24, 2.45) is 5.41 Å². The maximum atomic E-state index is 12.5. The third kappa shape index (κ3) is 5.92. The normalized spacial score (nSPS) is 23.3. The molecule has 1 amide bonds. The predicted molar refractivity (Wildman–Crippen MR) is 101 cm³/mol.